The Hall–Kier alpha value is -3.15. The molecule has 3 rings (SSSR count). The Morgan fingerprint density at radius 3 is 2.17 bits per heavy atom. The maximum Gasteiger partial charge on any atom is 0.251 e. The molecule has 3 amide bonds. The van der Waals surface area contributed by atoms with Gasteiger partial charge in [0.1, 0.15) is 6.04 Å². The van der Waals surface area contributed by atoms with Gasteiger partial charge in [-0.1, -0.05) is 55.5 Å². The molecule has 0 saturated carbocycles. The standard InChI is InChI=1S/C24H29N3O3/c1-2-21(28)27-15-13-19(14-16-27)22(26-23(29)20-11-7-4-8-12-20)24(30)25-17-18-9-5-3-6-10-18/h3-12,19,22H,2,13-17H2,1H3,(H,25,30)(H,26,29). The zero-order chi connectivity index (χ0) is 21.3. The Kier molecular flexibility index (Phi) is 7.60. The first-order chi connectivity index (χ1) is 14.6. The summed E-state index contributed by atoms with van der Waals surface area (Å²) < 4.78 is 0. The SMILES string of the molecule is CCC(=O)N1CCC(C(NC(=O)c2ccccc2)C(=O)NCc2ccccc2)CC1. The van der Waals surface area contributed by atoms with Gasteiger partial charge in [-0.25, -0.2) is 0 Å². The van der Waals surface area contributed by atoms with Crippen molar-refractivity contribution in [2.24, 2.45) is 5.92 Å². The maximum absolute atomic E-state index is 13.0. The molecule has 6 heteroatoms. The summed E-state index contributed by atoms with van der Waals surface area (Å²) in [5.41, 5.74) is 1.53. The lowest BCUT2D eigenvalue weighted by molar-refractivity contribution is -0.132. The first-order valence-electron chi connectivity index (χ1n) is 10.5. The number of likely N-dealkylation sites (tertiary alicyclic amines) is 1. The van der Waals surface area contributed by atoms with Crippen LogP contribution in [0.25, 0.3) is 0 Å². The van der Waals surface area contributed by atoms with E-state index in [0.717, 1.165) is 5.56 Å². The molecule has 1 atom stereocenters. The van der Waals surface area contributed by atoms with E-state index in [0.29, 0.717) is 44.5 Å². The number of nitrogens with zero attached hydrogens (tertiary/aromatic N) is 1. The van der Waals surface area contributed by atoms with Crippen LogP contribution in [-0.2, 0) is 16.1 Å². The lowest BCUT2D eigenvalue weighted by Crippen LogP contribution is -2.53. The summed E-state index contributed by atoms with van der Waals surface area (Å²) in [6.07, 6.45) is 1.85. The topological polar surface area (TPSA) is 78.5 Å². The fraction of sp³-hybridized carbons (Fsp3) is 0.375. The molecule has 0 spiro atoms. The van der Waals surface area contributed by atoms with Gasteiger partial charge in [0.25, 0.3) is 5.91 Å². The Morgan fingerprint density at radius 2 is 1.57 bits per heavy atom. The average molecular weight is 408 g/mol. The molecule has 1 heterocycles. The van der Waals surface area contributed by atoms with Gasteiger partial charge < -0.3 is 15.5 Å². The monoisotopic (exact) mass is 407 g/mol. The number of nitrogens with one attached hydrogen (secondary N) is 2. The second-order valence-corrected chi connectivity index (χ2v) is 7.59. The van der Waals surface area contributed by atoms with Gasteiger partial charge in [0.05, 0.1) is 0 Å². The first-order valence-corrected chi connectivity index (χ1v) is 10.5. The summed E-state index contributed by atoms with van der Waals surface area (Å²) in [6.45, 7) is 3.49. The van der Waals surface area contributed by atoms with Crippen molar-refractivity contribution < 1.29 is 14.4 Å². The van der Waals surface area contributed by atoms with Crippen LogP contribution >= 0.6 is 0 Å². The number of amides is 3. The van der Waals surface area contributed by atoms with Gasteiger partial charge in [-0.2, -0.15) is 0 Å². The van der Waals surface area contributed by atoms with Crippen LogP contribution in [0, 0.1) is 5.92 Å². The molecule has 6 nitrogen and oxygen atoms in total. The Balaban J connectivity index is 1.68. The molecule has 30 heavy (non-hydrogen) atoms. The third-order valence-electron chi connectivity index (χ3n) is 5.58. The van der Waals surface area contributed by atoms with E-state index in [1.807, 2.05) is 48.2 Å². The zero-order valence-corrected chi connectivity index (χ0v) is 17.3. The second-order valence-electron chi connectivity index (χ2n) is 7.59. The molecule has 0 aliphatic carbocycles. The summed E-state index contributed by atoms with van der Waals surface area (Å²) in [7, 11) is 0. The van der Waals surface area contributed by atoms with E-state index in [1.54, 1.807) is 24.3 Å². The highest BCUT2D eigenvalue weighted by atomic mass is 16.2. The van der Waals surface area contributed by atoms with Crippen molar-refractivity contribution in [3.05, 3.63) is 71.8 Å². The molecule has 158 valence electrons. The summed E-state index contributed by atoms with van der Waals surface area (Å²) >= 11 is 0. The Bertz CT molecular complexity index is 847. The quantitative estimate of drug-likeness (QED) is 0.741. The van der Waals surface area contributed by atoms with Crippen molar-refractivity contribution in [3.63, 3.8) is 0 Å². The molecule has 1 unspecified atom stereocenters. The van der Waals surface area contributed by atoms with E-state index in [4.69, 9.17) is 0 Å². The molecule has 1 aliphatic heterocycles. The van der Waals surface area contributed by atoms with E-state index in [9.17, 15) is 14.4 Å². The number of piperidine rings is 1. The fourth-order valence-electron chi connectivity index (χ4n) is 3.81. The molecular weight excluding hydrogens is 378 g/mol. The van der Waals surface area contributed by atoms with E-state index in [2.05, 4.69) is 10.6 Å². The van der Waals surface area contributed by atoms with Gasteiger partial charge in [0, 0.05) is 31.6 Å². The lowest BCUT2D eigenvalue weighted by atomic mass is 9.88. The van der Waals surface area contributed by atoms with Gasteiger partial charge in [-0.05, 0) is 36.5 Å². The highest BCUT2D eigenvalue weighted by Gasteiger charge is 2.33. The highest BCUT2D eigenvalue weighted by Crippen LogP contribution is 2.22. The van der Waals surface area contributed by atoms with Gasteiger partial charge in [-0.15, -0.1) is 0 Å². The van der Waals surface area contributed by atoms with E-state index >= 15 is 0 Å². The number of benzene rings is 2. The van der Waals surface area contributed by atoms with Crippen LogP contribution in [0.2, 0.25) is 0 Å². The van der Waals surface area contributed by atoms with Crippen LogP contribution in [0.3, 0.4) is 0 Å². The minimum atomic E-state index is -0.639. The van der Waals surface area contributed by atoms with Crippen LogP contribution in [-0.4, -0.2) is 41.8 Å². The highest BCUT2D eigenvalue weighted by molar-refractivity contribution is 5.97. The minimum absolute atomic E-state index is 0.0191. The van der Waals surface area contributed by atoms with Gasteiger partial charge in [0.15, 0.2) is 0 Å². The molecule has 1 fully saturated rings. The minimum Gasteiger partial charge on any atom is -0.350 e. The predicted molar refractivity (Wildman–Crippen MR) is 116 cm³/mol. The molecule has 2 aromatic carbocycles. The lowest BCUT2D eigenvalue weighted by Gasteiger charge is -2.35. The number of rotatable bonds is 7. The smallest absolute Gasteiger partial charge is 0.251 e. The van der Waals surface area contributed by atoms with Gasteiger partial charge in [0.2, 0.25) is 11.8 Å². The van der Waals surface area contributed by atoms with Gasteiger partial charge in [-0.3, -0.25) is 14.4 Å². The number of carbonyl (C=O) groups is 3. The van der Waals surface area contributed by atoms with Crippen molar-refractivity contribution in [1.29, 1.82) is 0 Å². The van der Waals surface area contributed by atoms with Crippen molar-refractivity contribution in [3.8, 4) is 0 Å². The summed E-state index contributed by atoms with van der Waals surface area (Å²) in [5.74, 6) is -0.341. The van der Waals surface area contributed by atoms with Crippen molar-refractivity contribution in [2.75, 3.05) is 13.1 Å². The predicted octanol–water partition coefficient (Wildman–Crippen LogP) is 2.75. The molecule has 0 radical (unpaired) electrons. The Labute approximate surface area is 177 Å². The molecule has 2 aromatic rings. The maximum atomic E-state index is 13.0. The summed E-state index contributed by atoms with van der Waals surface area (Å²) in [4.78, 5) is 39.6. The van der Waals surface area contributed by atoms with E-state index < -0.39 is 6.04 Å². The van der Waals surface area contributed by atoms with Crippen LogP contribution in [0.1, 0.15) is 42.1 Å². The van der Waals surface area contributed by atoms with Crippen molar-refractivity contribution in [2.45, 2.75) is 38.8 Å². The van der Waals surface area contributed by atoms with Crippen LogP contribution < -0.4 is 10.6 Å². The van der Waals surface area contributed by atoms with Crippen molar-refractivity contribution in [1.82, 2.24) is 15.5 Å². The fourth-order valence-corrected chi connectivity index (χ4v) is 3.81. The number of hydrogen-bond donors (Lipinski definition) is 2. The summed E-state index contributed by atoms with van der Waals surface area (Å²) in [5, 5.41) is 5.91. The number of hydrogen-bond acceptors (Lipinski definition) is 3. The third kappa shape index (κ3) is 5.69. The molecule has 1 saturated heterocycles. The molecule has 0 aromatic heterocycles. The van der Waals surface area contributed by atoms with Crippen LogP contribution in [0.4, 0.5) is 0 Å². The first kappa shape index (κ1) is 21.6. The molecular formula is C24H29N3O3. The Morgan fingerprint density at radius 1 is 0.967 bits per heavy atom. The van der Waals surface area contributed by atoms with Crippen LogP contribution in [0.5, 0.6) is 0 Å². The molecule has 0 bridgehead atoms. The average Bonchev–Trinajstić information content (AvgIpc) is 2.81. The largest absolute Gasteiger partial charge is 0.350 e. The molecule has 1 aliphatic rings. The third-order valence-corrected chi connectivity index (χ3v) is 5.58. The van der Waals surface area contributed by atoms with E-state index in [-0.39, 0.29) is 23.6 Å². The van der Waals surface area contributed by atoms with Gasteiger partial charge >= 0.3 is 0 Å². The second kappa shape index (κ2) is 10.6. The summed E-state index contributed by atoms with van der Waals surface area (Å²) in [6, 6.07) is 18.0. The van der Waals surface area contributed by atoms with Crippen LogP contribution in [0.15, 0.2) is 60.7 Å². The van der Waals surface area contributed by atoms with E-state index in [1.165, 1.54) is 0 Å². The molecule has 2 N–H and O–H groups in total. The van der Waals surface area contributed by atoms with Crippen molar-refractivity contribution >= 4 is 17.7 Å². The normalized spacial score (nSPS) is 15.3. The number of carbonyl (C=O) groups excluding carboxylic acids is 3. The zero-order valence-electron chi connectivity index (χ0n) is 17.3.